The first-order chi connectivity index (χ1) is 13.6. The first kappa shape index (κ1) is 17.7. The third-order valence-electron chi connectivity index (χ3n) is 4.34. The molecule has 28 heavy (non-hydrogen) atoms. The van der Waals surface area contributed by atoms with Crippen LogP contribution >= 0.6 is 0 Å². The number of amides is 2. The van der Waals surface area contributed by atoms with Gasteiger partial charge in [-0.2, -0.15) is 0 Å². The minimum absolute atomic E-state index is 0.0456. The molecule has 0 atom stereocenters. The normalized spacial score (nSPS) is 13.0. The van der Waals surface area contributed by atoms with E-state index in [1.54, 1.807) is 17.3 Å². The molecule has 8 heteroatoms. The Labute approximate surface area is 161 Å². The van der Waals surface area contributed by atoms with Crippen LogP contribution < -0.4 is 15.0 Å². The quantitative estimate of drug-likeness (QED) is 0.731. The summed E-state index contributed by atoms with van der Waals surface area (Å²) in [6, 6.07) is 9.26. The number of nitrogens with zero attached hydrogens (tertiary/aromatic N) is 3. The van der Waals surface area contributed by atoms with Crippen molar-refractivity contribution in [2.45, 2.75) is 20.0 Å². The molecule has 3 heterocycles. The van der Waals surface area contributed by atoms with E-state index in [-0.39, 0.29) is 36.6 Å². The highest BCUT2D eigenvalue weighted by atomic mass is 16.5. The van der Waals surface area contributed by atoms with Crippen molar-refractivity contribution < 1.29 is 18.7 Å². The number of pyridine rings is 1. The van der Waals surface area contributed by atoms with Crippen molar-refractivity contribution in [1.29, 1.82) is 0 Å². The van der Waals surface area contributed by atoms with Crippen molar-refractivity contribution in [3.8, 4) is 5.75 Å². The van der Waals surface area contributed by atoms with Crippen molar-refractivity contribution in [2.24, 2.45) is 0 Å². The number of aryl methyl sites for hydroxylation is 1. The highest BCUT2D eigenvalue weighted by Gasteiger charge is 2.27. The lowest BCUT2D eigenvalue weighted by atomic mass is 10.1. The lowest BCUT2D eigenvalue weighted by Crippen LogP contribution is -2.38. The van der Waals surface area contributed by atoms with Crippen LogP contribution in [0.25, 0.3) is 0 Å². The maximum atomic E-state index is 12.3. The number of aromatic nitrogens is 2. The molecule has 0 fully saturated rings. The van der Waals surface area contributed by atoms with Crippen LogP contribution in [0.2, 0.25) is 0 Å². The van der Waals surface area contributed by atoms with Gasteiger partial charge in [0.1, 0.15) is 18.6 Å². The lowest BCUT2D eigenvalue weighted by Gasteiger charge is -2.28. The molecule has 2 amide bonds. The number of carbonyl (C=O) groups excluding carboxylic acids is 2. The van der Waals surface area contributed by atoms with E-state index in [1.165, 1.54) is 6.26 Å². The number of ether oxygens (including phenoxy) is 1. The van der Waals surface area contributed by atoms with Gasteiger partial charge in [0.25, 0.3) is 11.8 Å². The monoisotopic (exact) mass is 378 g/mol. The third-order valence-corrected chi connectivity index (χ3v) is 4.34. The number of carbonyl (C=O) groups is 2. The Kier molecular flexibility index (Phi) is 4.76. The van der Waals surface area contributed by atoms with Crippen molar-refractivity contribution in [3.63, 3.8) is 0 Å². The molecule has 3 aromatic rings. The number of fused-ring (bicyclic) bond motifs is 1. The lowest BCUT2D eigenvalue weighted by molar-refractivity contribution is -0.121. The molecular weight excluding hydrogens is 360 g/mol. The predicted octanol–water partition coefficient (Wildman–Crippen LogP) is 2.23. The highest BCUT2D eigenvalue weighted by Crippen LogP contribution is 2.33. The number of anilines is 1. The molecule has 2 aromatic heterocycles. The molecule has 1 aromatic carbocycles. The summed E-state index contributed by atoms with van der Waals surface area (Å²) in [6.45, 7) is 2.37. The van der Waals surface area contributed by atoms with Crippen LogP contribution in [-0.4, -0.2) is 28.4 Å². The minimum Gasteiger partial charge on any atom is -0.482 e. The molecule has 8 nitrogen and oxygen atoms in total. The van der Waals surface area contributed by atoms with Gasteiger partial charge in [-0.05, 0) is 42.3 Å². The van der Waals surface area contributed by atoms with Crippen LogP contribution in [-0.2, 0) is 17.9 Å². The van der Waals surface area contributed by atoms with E-state index >= 15 is 0 Å². The molecule has 0 saturated carbocycles. The molecule has 0 unspecified atom stereocenters. The Morgan fingerprint density at radius 1 is 1.25 bits per heavy atom. The zero-order chi connectivity index (χ0) is 19.5. The Bertz CT molecular complexity index is 1020. The van der Waals surface area contributed by atoms with Crippen LogP contribution in [0, 0.1) is 6.92 Å². The number of nitrogens with one attached hydrogen (secondary N) is 1. The number of hydrogen-bond donors (Lipinski definition) is 1. The van der Waals surface area contributed by atoms with Gasteiger partial charge in [0.05, 0.1) is 5.69 Å². The summed E-state index contributed by atoms with van der Waals surface area (Å²) in [6.07, 6.45) is 4.61. The zero-order valence-electron chi connectivity index (χ0n) is 15.2. The maximum absolute atomic E-state index is 12.3. The standard InChI is InChI=1S/C20H18N4O4/c1-13-2-3-17-16(8-13)24(19(25)12-27-17)10-18-23-15(11-28-18)20(26)22-9-14-4-6-21-7-5-14/h2-8,11H,9-10,12H2,1H3,(H,22,26). The zero-order valence-corrected chi connectivity index (χ0v) is 15.2. The minimum atomic E-state index is -0.351. The van der Waals surface area contributed by atoms with Crippen LogP contribution in [0.15, 0.2) is 53.4 Å². The van der Waals surface area contributed by atoms with Gasteiger partial charge in [-0.25, -0.2) is 4.98 Å². The van der Waals surface area contributed by atoms with E-state index in [9.17, 15) is 9.59 Å². The molecule has 1 aliphatic rings. The first-order valence-corrected chi connectivity index (χ1v) is 8.75. The van der Waals surface area contributed by atoms with Crippen LogP contribution in [0.5, 0.6) is 5.75 Å². The number of rotatable bonds is 5. The average molecular weight is 378 g/mol. The van der Waals surface area contributed by atoms with E-state index in [1.807, 2.05) is 37.3 Å². The second kappa shape index (κ2) is 7.51. The topological polar surface area (TPSA) is 97.6 Å². The summed E-state index contributed by atoms with van der Waals surface area (Å²) in [7, 11) is 0. The van der Waals surface area contributed by atoms with E-state index in [4.69, 9.17) is 9.15 Å². The van der Waals surface area contributed by atoms with Crippen molar-refractivity contribution >= 4 is 17.5 Å². The van der Waals surface area contributed by atoms with Gasteiger partial charge >= 0.3 is 0 Å². The number of benzene rings is 1. The molecule has 0 saturated heterocycles. The van der Waals surface area contributed by atoms with E-state index in [0.717, 1.165) is 11.1 Å². The van der Waals surface area contributed by atoms with Gasteiger partial charge in [0.15, 0.2) is 12.3 Å². The molecule has 0 aliphatic carbocycles. The fourth-order valence-electron chi connectivity index (χ4n) is 2.88. The SMILES string of the molecule is Cc1ccc2c(c1)N(Cc1nc(C(=O)NCc3ccncc3)co1)C(=O)CO2. The largest absolute Gasteiger partial charge is 0.482 e. The highest BCUT2D eigenvalue weighted by molar-refractivity contribution is 5.97. The Morgan fingerprint density at radius 2 is 2.07 bits per heavy atom. The molecule has 0 spiro atoms. The average Bonchev–Trinajstić information content (AvgIpc) is 3.18. The first-order valence-electron chi connectivity index (χ1n) is 8.75. The summed E-state index contributed by atoms with van der Waals surface area (Å²) in [5.74, 6) is 0.361. The van der Waals surface area contributed by atoms with Crippen molar-refractivity contribution in [3.05, 3.63) is 71.7 Å². The molecule has 1 N–H and O–H groups in total. The molecular formula is C20H18N4O4. The number of hydrogen-bond acceptors (Lipinski definition) is 6. The third kappa shape index (κ3) is 3.71. The molecule has 4 rings (SSSR count). The Balaban J connectivity index is 1.46. The Hall–Kier alpha value is -3.68. The van der Waals surface area contributed by atoms with Crippen molar-refractivity contribution in [2.75, 3.05) is 11.5 Å². The summed E-state index contributed by atoms with van der Waals surface area (Å²) >= 11 is 0. The smallest absolute Gasteiger partial charge is 0.273 e. The van der Waals surface area contributed by atoms with Crippen LogP contribution in [0.1, 0.15) is 27.5 Å². The molecule has 0 bridgehead atoms. The molecule has 142 valence electrons. The van der Waals surface area contributed by atoms with Crippen molar-refractivity contribution in [1.82, 2.24) is 15.3 Å². The van der Waals surface area contributed by atoms with E-state index in [0.29, 0.717) is 18.0 Å². The van der Waals surface area contributed by atoms with Gasteiger partial charge in [-0.15, -0.1) is 0 Å². The van der Waals surface area contributed by atoms with E-state index in [2.05, 4.69) is 15.3 Å². The fraction of sp³-hybridized carbons (Fsp3) is 0.200. The van der Waals surface area contributed by atoms with Gasteiger partial charge < -0.3 is 14.5 Å². The summed E-state index contributed by atoms with van der Waals surface area (Å²) < 4.78 is 10.9. The number of oxazole rings is 1. The van der Waals surface area contributed by atoms with Gasteiger partial charge in [-0.3, -0.25) is 19.5 Å². The summed E-state index contributed by atoms with van der Waals surface area (Å²) in [5, 5.41) is 2.77. The predicted molar refractivity (Wildman–Crippen MR) is 99.8 cm³/mol. The van der Waals surface area contributed by atoms with Gasteiger partial charge in [-0.1, -0.05) is 6.07 Å². The van der Waals surface area contributed by atoms with Crippen LogP contribution in [0.4, 0.5) is 5.69 Å². The summed E-state index contributed by atoms with van der Waals surface area (Å²) in [4.78, 5) is 34.3. The van der Waals surface area contributed by atoms with E-state index < -0.39 is 0 Å². The Morgan fingerprint density at radius 3 is 2.89 bits per heavy atom. The maximum Gasteiger partial charge on any atom is 0.273 e. The fourth-order valence-corrected chi connectivity index (χ4v) is 2.88. The molecule has 1 aliphatic heterocycles. The summed E-state index contributed by atoms with van der Waals surface area (Å²) in [5.41, 5.74) is 2.76. The second-order valence-electron chi connectivity index (χ2n) is 6.40. The van der Waals surface area contributed by atoms with Crippen LogP contribution in [0.3, 0.4) is 0 Å². The van der Waals surface area contributed by atoms with Gasteiger partial charge in [0.2, 0.25) is 5.89 Å². The second-order valence-corrected chi connectivity index (χ2v) is 6.40. The van der Waals surface area contributed by atoms with Gasteiger partial charge in [0, 0.05) is 18.9 Å². The molecule has 0 radical (unpaired) electrons.